The molecular weight excluding hydrogens is 198 g/mol. The minimum Gasteiger partial charge on any atom is -0.478 e. The maximum absolute atomic E-state index is 10.4. The summed E-state index contributed by atoms with van der Waals surface area (Å²) in [5, 5.41) is 15.1. The van der Waals surface area contributed by atoms with Gasteiger partial charge in [-0.05, 0) is 6.92 Å². The molecule has 0 aliphatic rings. The average molecular weight is 211 g/mol. The van der Waals surface area contributed by atoms with Crippen LogP contribution in [-0.4, -0.2) is 34.3 Å². The van der Waals surface area contributed by atoms with Crippen LogP contribution in [-0.2, 0) is 11.2 Å². The number of rotatable bonds is 6. The van der Waals surface area contributed by atoms with E-state index in [0.717, 1.165) is 0 Å². The topological polar surface area (TPSA) is 88.3 Å². The number of nitrogens with zero attached hydrogens (tertiary/aromatic N) is 2. The van der Waals surface area contributed by atoms with Gasteiger partial charge < -0.3 is 14.9 Å². The highest BCUT2D eigenvalue weighted by molar-refractivity contribution is 5.86. The van der Waals surface area contributed by atoms with Gasteiger partial charge in [0.2, 0.25) is 5.89 Å². The van der Waals surface area contributed by atoms with Crippen LogP contribution in [0.5, 0.6) is 0 Å². The van der Waals surface area contributed by atoms with Crippen molar-refractivity contribution in [2.45, 2.75) is 13.3 Å². The van der Waals surface area contributed by atoms with Crippen molar-refractivity contribution in [2.75, 3.05) is 13.1 Å². The molecular formula is C9H13N3O3. The third-order valence-electron chi connectivity index (χ3n) is 1.73. The summed E-state index contributed by atoms with van der Waals surface area (Å²) in [4.78, 5) is 14.4. The minimum atomic E-state index is -0.990. The molecule has 6 heteroatoms. The molecule has 2 N–H and O–H groups in total. The number of aliphatic carboxylic acids is 1. The molecule has 0 bridgehead atoms. The predicted octanol–water partition coefficient (Wildman–Crippen LogP) is 0.151. The molecule has 0 aromatic carbocycles. The fourth-order valence-electron chi connectivity index (χ4n) is 0.952. The Bertz CT molecular complexity index is 359. The summed E-state index contributed by atoms with van der Waals surface area (Å²) in [5.74, 6) is 0.150. The second-order valence-corrected chi connectivity index (χ2v) is 3.07. The Labute approximate surface area is 87.0 Å². The molecule has 0 amide bonds. The summed E-state index contributed by atoms with van der Waals surface area (Å²) in [6, 6.07) is 0. The Hall–Kier alpha value is -1.69. The van der Waals surface area contributed by atoms with Crippen LogP contribution < -0.4 is 5.32 Å². The third kappa shape index (κ3) is 3.90. The smallest absolute Gasteiger partial charge is 0.332 e. The van der Waals surface area contributed by atoms with Crippen LogP contribution in [0.15, 0.2) is 16.7 Å². The Morgan fingerprint density at radius 3 is 2.93 bits per heavy atom. The first-order valence-electron chi connectivity index (χ1n) is 4.50. The molecule has 0 unspecified atom stereocenters. The van der Waals surface area contributed by atoms with E-state index in [9.17, 15) is 4.79 Å². The van der Waals surface area contributed by atoms with Crippen molar-refractivity contribution < 1.29 is 14.4 Å². The second-order valence-electron chi connectivity index (χ2n) is 3.07. The molecule has 1 rings (SSSR count). The fourth-order valence-corrected chi connectivity index (χ4v) is 0.952. The van der Waals surface area contributed by atoms with E-state index in [1.54, 1.807) is 6.92 Å². The Balaban J connectivity index is 2.17. The van der Waals surface area contributed by atoms with E-state index >= 15 is 0 Å². The number of carboxylic acid groups (broad SMARTS) is 1. The summed E-state index contributed by atoms with van der Waals surface area (Å²) >= 11 is 0. The van der Waals surface area contributed by atoms with Crippen molar-refractivity contribution in [2.24, 2.45) is 0 Å². The molecule has 1 heterocycles. The van der Waals surface area contributed by atoms with E-state index in [0.29, 0.717) is 24.7 Å². The van der Waals surface area contributed by atoms with Crippen molar-refractivity contribution in [1.82, 2.24) is 15.5 Å². The number of aryl methyl sites for hydroxylation is 1. The first kappa shape index (κ1) is 11.4. The lowest BCUT2D eigenvalue weighted by molar-refractivity contribution is -0.132. The Morgan fingerprint density at radius 1 is 1.67 bits per heavy atom. The highest BCUT2D eigenvalue weighted by Gasteiger charge is 2.04. The summed E-state index contributed by atoms with van der Waals surface area (Å²) in [5.41, 5.74) is 0.136. The van der Waals surface area contributed by atoms with Gasteiger partial charge in [0.15, 0.2) is 5.82 Å². The van der Waals surface area contributed by atoms with Crippen molar-refractivity contribution in [3.8, 4) is 0 Å². The van der Waals surface area contributed by atoms with Gasteiger partial charge in [-0.1, -0.05) is 11.7 Å². The lowest BCUT2D eigenvalue weighted by Crippen LogP contribution is -2.22. The maximum atomic E-state index is 10.4. The number of nitrogens with one attached hydrogen (secondary N) is 1. The van der Waals surface area contributed by atoms with Gasteiger partial charge in [0, 0.05) is 25.1 Å². The number of hydrogen-bond acceptors (Lipinski definition) is 5. The first-order chi connectivity index (χ1) is 7.09. The predicted molar refractivity (Wildman–Crippen MR) is 52.4 cm³/mol. The van der Waals surface area contributed by atoms with Crippen LogP contribution in [0.1, 0.15) is 11.7 Å². The van der Waals surface area contributed by atoms with Crippen LogP contribution in [0, 0.1) is 6.92 Å². The molecule has 0 spiro atoms. The quantitative estimate of drug-likeness (QED) is 0.514. The summed E-state index contributed by atoms with van der Waals surface area (Å²) < 4.78 is 4.88. The molecule has 0 saturated heterocycles. The van der Waals surface area contributed by atoms with E-state index < -0.39 is 5.97 Å². The first-order valence-corrected chi connectivity index (χ1v) is 4.50. The fraction of sp³-hybridized carbons (Fsp3) is 0.444. The lowest BCUT2D eigenvalue weighted by Gasteiger charge is -2.01. The molecule has 0 fully saturated rings. The SMILES string of the molecule is C=C(CNCCc1nc(C)no1)C(=O)O. The number of aromatic nitrogens is 2. The van der Waals surface area contributed by atoms with Crippen molar-refractivity contribution in [3.05, 3.63) is 23.9 Å². The number of carboxylic acids is 1. The number of carbonyl (C=O) groups is 1. The molecule has 1 aromatic rings. The van der Waals surface area contributed by atoms with Crippen LogP contribution in [0.4, 0.5) is 0 Å². The molecule has 0 atom stereocenters. The summed E-state index contributed by atoms with van der Waals surface area (Å²) in [6.07, 6.45) is 0.577. The summed E-state index contributed by atoms with van der Waals surface area (Å²) in [7, 11) is 0. The standard InChI is InChI=1S/C9H13N3O3/c1-6(9(13)14)5-10-4-3-8-11-7(2)12-15-8/h10H,1,3-5H2,2H3,(H,13,14). The Morgan fingerprint density at radius 2 is 2.40 bits per heavy atom. The van der Waals surface area contributed by atoms with Gasteiger partial charge in [-0.15, -0.1) is 0 Å². The average Bonchev–Trinajstić information content (AvgIpc) is 2.58. The van der Waals surface area contributed by atoms with Gasteiger partial charge in [-0.25, -0.2) is 4.79 Å². The zero-order valence-electron chi connectivity index (χ0n) is 8.49. The van der Waals surface area contributed by atoms with Gasteiger partial charge in [0.25, 0.3) is 0 Å². The molecule has 15 heavy (non-hydrogen) atoms. The van der Waals surface area contributed by atoms with Crippen molar-refractivity contribution >= 4 is 5.97 Å². The third-order valence-corrected chi connectivity index (χ3v) is 1.73. The van der Waals surface area contributed by atoms with Gasteiger partial charge in [-0.2, -0.15) is 4.98 Å². The van der Waals surface area contributed by atoms with Crippen LogP contribution in [0.3, 0.4) is 0 Å². The lowest BCUT2D eigenvalue weighted by atomic mass is 10.3. The zero-order valence-corrected chi connectivity index (χ0v) is 8.49. The van der Waals surface area contributed by atoms with Gasteiger partial charge in [-0.3, -0.25) is 0 Å². The molecule has 0 aliphatic heterocycles. The van der Waals surface area contributed by atoms with Gasteiger partial charge in [0.1, 0.15) is 0 Å². The van der Waals surface area contributed by atoms with Crippen molar-refractivity contribution in [3.63, 3.8) is 0 Å². The molecule has 1 aromatic heterocycles. The molecule has 82 valence electrons. The molecule has 0 radical (unpaired) electrons. The normalized spacial score (nSPS) is 10.2. The minimum absolute atomic E-state index is 0.136. The van der Waals surface area contributed by atoms with Gasteiger partial charge >= 0.3 is 5.97 Å². The number of hydrogen-bond donors (Lipinski definition) is 2. The van der Waals surface area contributed by atoms with E-state index in [2.05, 4.69) is 22.0 Å². The largest absolute Gasteiger partial charge is 0.478 e. The van der Waals surface area contributed by atoms with Crippen molar-refractivity contribution in [1.29, 1.82) is 0 Å². The van der Waals surface area contributed by atoms with E-state index in [1.807, 2.05) is 0 Å². The molecule has 6 nitrogen and oxygen atoms in total. The second kappa shape index (κ2) is 5.26. The van der Waals surface area contributed by atoms with Crippen LogP contribution in [0.25, 0.3) is 0 Å². The van der Waals surface area contributed by atoms with E-state index in [1.165, 1.54) is 0 Å². The highest BCUT2D eigenvalue weighted by Crippen LogP contribution is 1.95. The zero-order chi connectivity index (χ0) is 11.3. The highest BCUT2D eigenvalue weighted by atomic mass is 16.5. The van der Waals surface area contributed by atoms with Gasteiger partial charge in [0.05, 0.1) is 0 Å². The summed E-state index contributed by atoms with van der Waals surface area (Å²) in [6.45, 7) is 5.96. The molecule has 0 saturated carbocycles. The Kier molecular flexibility index (Phi) is 3.99. The maximum Gasteiger partial charge on any atom is 0.332 e. The van der Waals surface area contributed by atoms with Crippen LogP contribution in [0.2, 0.25) is 0 Å². The van der Waals surface area contributed by atoms with E-state index in [4.69, 9.17) is 9.63 Å². The van der Waals surface area contributed by atoms with Crippen LogP contribution >= 0.6 is 0 Å². The molecule has 0 aliphatic carbocycles. The monoisotopic (exact) mass is 211 g/mol. The van der Waals surface area contributed by atoms with E-state index in [-0.39, 0.29) is 12.1 Å².